The fourth-order valence-electron chi connectivity index (χ4n) is 2.46. The van der Waals surface area contributed by atoms with Gasteiger partial charge in [0.15, 0.2) is 0 Å². The summed E-state index contributed by atoms with van der Waals surface area (Å²) in [7, 11) is -3.59. The van der Waals surface area contributed by atoms with Gasteiger partial charge in [0.25, 0.3) is 0 Å². The van der Waals surface area contributed by atoms with Crippen molar-refractivity contribution in [2.75, 3.05) is 11.1 Å². The number of carbonyl (C=O) groups excluding carboxylic acids is 1. The molecule has 7 heteroatoms. The van der Waals surface area contributed by atoms with E-state index in [4.69, 9.17) is 4.18 Å². The van der Waals surface area contributed by atoms with E-state index in [9.17, 15) is 13.2 Å². The molecule has 2 rings (SSSR count). The highest BCUT2D eigenvalue weighted by Crippen LogP contribution is 2.19. The van der Waals surface area contributed by atoms with Gasteiger partial charge in [-0.3, -0.25) is 0 Å². The minimum Gasteiger partial charge on any atom is -0.382 e. The number of amides is 2. The maximum Gasteiger partial charge on any atom is 0.322 e. The lowest BCUT2D eigenvalue weighted by Gasteiger charge is -2.29. The summed E-state index contributed by atoms with van der Waals surface area (Å²) in [5.74, 6) is 0.150. The summed E-state index contributed by atoms with van der Waals surface area (Å²) in [5.41, 5.74) is 1.52. The Labute approximate surface area is 161 Å². The molecule has 0 aliphatic heterocycles. The van der Waals surface area contributed by atoms with Crippen LogP contribution in [0.4, 0.5) is 10.5 Å². The number of urea groups is 1. The van der Waals surface area contributed by atoms with Crippen LogP contribution in [0.3, 0.4) is 0 Å². The molecule has 0 aliphatic carbocycles. The fraction of sp³-hybridized carbons (Fsp3) is 0.350. The van der Waals surface area contributed by atoms with Gasteiger partial charge in [-0.1, -0.05) is 37.3 Å². The molecule has 1 N–H and O–H groups in total. The van der Waals surface area contributed by atoms with Crippen LogP contribution in [0.25, 0.3) is 0 Å². The van der Waals surface area contributed by atoms with E-state index in [2.05, 4.69) is 5.32 Å². The summed E-state index contributed by atoms with van der Waals surface area (Å²) < 4.78 is 28.4. The minimum atomic E-state index is -3.59. The van der Waals surface area contributed by atoms with Gasteiger partial charge in [-0.05, 0) is 50.1 Å². The molecule has 2 aromatic carbocycles. The highest BCUT2D eigenvalue weighted by molar-refractivity contribution is 7.87. The van der Waals surface area contributed by atoms with Gasteiger partial charge in [0.05, 0.1) is 5.75 Å². The lowest BCUT2D eigenvalue weighted by atomic mass is 10.1. The van der Waals surface area contributed by atoms with E-state index >= 15 is 0 Å². The Hall–Kier alpha value is -2.54. The third-order valence-electron chi connectivity index (χ3n) is 4.24. The van der Waals surface area contributed by atoms with E-state index in [0.717, 1.165) is 17.7 Å². The standard InChI is InChI=1S/C20H26N2O4S/c1-4-16(3)22(20(23)21-18-11-7-6-8-12-18)15-17-10-9-13-19(14-17)26-27(24,25)5-2/h6-14,16H,4-5,15H2,1-3H3,(H,21,23)/t16-/m1/s1. The van der Waals surface area contributed by atoms with E-state index in [0.29, 0.717) is 6.54 Å². The van der Waals surface area contributed by atoms with Crippen molar-refractivity contribution in [3.05, 3.63) is 60.2 Å². The predicted octanol–water partition coefficient (Wildman–Crippen LogP) is 4.25. The van der Waals surface area contributed by atoms with Crippen LogP contribution in [0.15, 0.2) is 54.6 Å². The van der Waals surface area contributed by atoms with Crippen LogP contribution in [0.2, 0.25) is 0 Å². The topological polar surface area (TPSA) is 75.7 Å². The van der Waals surface area contributed by atoms with Crippen molar-refractivity contribution in [2.24, 2.45) is 0 Å². The number of carbonyl (C=O) groups is 1. The monoisotopic (exact) mass is 390 g/mol. The molecule has 0 heterocycles. The van der Waals surface area contributed by atoms with Crippen molar-refractivity contribution in [3.8, 4) is 5.75 Å². The van der Waals surface area contributed by atoms with E-state index in [1.165, 1.54) is 6.92 Å². The van der Waals surface area contributed by atoms with Crippen LogP contribution in [0.5, 0.6) is 5.75 Å². The van der Waals surface area contributed by atoms with Gasteiger partial charge in [0.1, 0.15) is 5.75 Å². The van der Waals surface area contributed by atoms with Gasteiger partial charge in [-0.2, -0.15) is 8.42 Å². The minimum absolute atomic E-state index is 0.0117. The molecule has 0 spiro atoms. The van der Waals surface area contributed by atoms with Gasteiger partial charge in [-0.15, -0.1) is 0 Å². The molecule has 0 bridgehead atoms. The molecule has 0 aromatic heterocycles. The molecule has 0 radical (unpaired) electrons. The first kappa shape index (κ1) is 20.8. The van der Waals surface area contributed by atoms with Gasteiger partial charge in [0.2, 0.25) is 0 Å². The number of benzene rings is 2. The van der Waals surface area contributed by atoms with E-state index in [-0.39, 0.29) is 23.6 Å². The van der Waals surface area contributed by atoms with Crippen molar-refractivity contribution in [1.29, 1.82) is 0 Å². The summed E-state index contributed by atoms with van der Waals surface area (Å²) >= 11 is 0. The zero-order valence-electron chi connectivity index (χ0n) is 15.9. The van der Waals surface area contributed by atoms with Gasteiger partial charge in [-0.25, -0.2) is 4.79 Å². The molecule has 2 aromatic rings. The lowest BCUT2D eigenvalue weighted by molar-refractivity contribution is 0.187. The normalized spacial score (nSPS) is 12.3. The predicted molar refractivity (Wildman–Crippen MR) is 107 cm³/mol. The largest absolute Gasteiger partial charge is 0.382 e. The molecule has 0 saturated heterocycles. The zero-order chi connectivity index (χ0) is 19.9. The van der Waals surface area contributed by atoms with Crippen molar-refractivity contribution >= 4 is 21.8 Å². The number of hydrogen-bond acceptors (Lipinski definition) is 4. The van der Waals surface area contributed by atoms with E-state index in [1.54, 1.807) is 23.1 Å². The second-order valence-electron chi connectivity index (χ2n) is 6.26. The number of rotatable bonds is 8. The molecule has 1 atom stereocenters. The number of nitrogens with one attached hydrogen (secondary N) is 1. The Balaban J connectivity index is 2.17. The van der Waals surface area contributed by atoms with E-state index < -0.39 is 10.1 Å². The van der Waals surface area contributed by atoms with Crippen LogP contribution in [0, 0.1) is 0 Å². The second-order valence-corrected chi connectivity index (χ2v) is 8.12. The smallest absolute Gasteiger partial charge is 0.322 e. The van der Waals surface area contributed by atoms with Gasteiger partial charge >= 0.3 is 16.1 Å². The van der Waals surface area contributed by atoms with Crippen LogP contribution < -0.4 is 9.50 Å². The Kier molecular flexibility index (Phi) is 7.24. The maximum atomic E-state index is 12.8. The Morgan fingerprint density at radius 3 is 2.44 bits per heavy atom. The quantitative estimate of drug-likeness (QED) is 0.684. The zero-order valence-corrected chi connectivity index (χ0v) is 16.7. The molecule has 6 nitrogen and oxygen atoms in total. The van der Waals surface area contributed by atoms with E-state index in [1.807, 2.05) is 50.2 Å². The molecule has 2 amide bonds. The van der Waals surface area contributed by atoms with Crippen molar-refractivity contribution in [3.63, 3.8) is 0 Å². The first-order valence-corrected chi connectivity index (χ1v) is 10.6. The molecule has 0 saturated carbocycles. The molecule has 0 fully saturated rings. The Bertz CT molecular complexity index is 853. The number of nitrogens with zero attached hydrogens (tertiary/aromatic N) is 1. The molecule has 0 unspecified atom stereocenters. The summed E-state index contributed by atoms with van der Waals surface area (Å²) in [6.45, 7) is 5.86. The molecule has 0 aliphatic rings. The summed E-state index contributed by atoms with van der Waals surface area (Å²) in [6, 6.07) is 15.9. The van der Waals surface area contributed by atoms with Crippen LogP contribution >= 0.6 is 0 Å². The summed E-state index contributed by atoms with van der Waals surface area (Å²) in [5, 5.41) is 2.90. The van der Waals surface area contributed by atoms with Crippen molar-refractivity contribution in [2.45, 2.75) is 39.8 Å². The Morgan fingerprint density at radius 2 is 1.81 bits per heavy atom. The first-order valence-electron chi connectivity index (χ1n) is 8.98. The van der Waals surface area contributed by atoms with Gasteiger partial charge < -0.3 is 14.4 Å². The van der Waals surface area contributed by atoms with Crippen molar-refractivity contribution in [1.82, 2.24) is 4.90 Å². The van der Waals surface area contributed by atoms with Crippen LogP contribution in [-0.2, 0) is 16.7 Å². The number of hydrogen-bond donors (Lipinski definition) is 1. The fourth-order valence-corrected chi connectivity index (χ4v) is 2.98. The average molecular weight is 391 g/mol. The van der Waals surface area contributed by atoms with Crippen LogP contribution in [0.1, 0.15) is 32.8 Å². The highest BCUT2D eigenvalue weighted by Gasteiger charge is 2.20. The summed E-state index contributed by atoms with van der Waals surface area (Å²) in [4.78, 5) is 14.5. The highest BCUT2D eigenvalue weighted by atomic mass is 32.2. The molecule has 27 heavy (non-hydrogen) atoms. The SMILES string of the molecule is CC[C@@H](C)N(Cc1cccc(OS(=O)(=O)CC)c1)C(=O)Nc1ccccc1. The van der Waals surface area contributed by atoms with Crippen LogP contribution in [-0.4, -0.2) is 31.1 Å². The molecular weight excluding hydrogens is 364 g/mol. The lowest BCUT2D eigenvalue weighted by Crippen LogP contribution is -2.40. The van der Waals surface area contributed by atoms with Crippen molar-refractivity contribution < 1.29 is 17.4 Å². The van der Waals surface area contributed by atoms with Gasteiger partial charge in [0, 0.05) is 18.3 Å². The maximum absolute atomic E-state index is 12.8. The average Bonchev–Trinajstić information content (AvgIpc) is 2.66. The molecule has 146 valence electrons. The second kappa shape index (κ2) is 9.41. The number of para-hydroxylation sites is 1. The third-order valence-corrected chi connectivity index (χ3v) is 5.39. The summed E-state index contributed by atoms with van der Waals surface area (Å²) in [6.07, 6.45) is 0.794. The third kappa shape index (κ3) is 6.29. The Morgan fingerprint density at radius 1 is 1.11 bits per heavy atom. The molecular formula is C20H26N2O4S. The first-order chi connectivity index (χ1) is 12.8. The number of anilines is 1.